The Morgan fingerprint density at radius 2 is 2.30 bits per heavy atom. The molecule has 0 aromatic heterocycles. The lowest BCUT2D eigenvalue weighted by Crippen LogP contribution is -2.36. The second-order valence-corrected chi connectivity index (χ2v) is 3.13. The molecule has 0 bridgehead atoms. The molecule has 4 heteroatoms. The summed E-state index contributed by atoms with van der Waals surface area (Å²) < 4.78 is 0. The molecule has 0 radical (unpaired) electrons. The standard InChI is InChI=1S/C6H14N2OS/c1-10-4-2-3-5(7)6(8)9/h5H,2-4,7H2,1H3,(H2,8,9)/t5-/m1/s1. The zero-order chi connectivity index (χ0) is 7.98. The van der Waals surface area contributed by atoms with Crippen molar-refractivity contribution in [2.45, 2.75) is 18.9 Å². The maximum Gasteiger partial charge on any atom is 0.234 e. The Morgan fingerprint density at radius 1 is 1.70 bits per heavy atom. The Hall–Kier alpha value is -0.220. The number of primary amides is 1. The molecule has 4 N–H and O–H groups in total. The molecule has 0 aliphatic carbocycles. The normalized spacial score (nSPS) is 13.0. The molecule has 0 aromatic carbocycles. The van der Waals surface area contributed by atoms with Gasteiger partial charge in [-0.1, -0.05) is 0 Å². The molecule has 0 aliphatic heterocycles. The van der Waals surface area contributed by atoms with Crippen LogP contribution in [0, 0.1) is 0 Å². The number of hydrogen-bond acceptors (Lipinski definition) is 3. The van der Waals surface area contributed by atoms with Crippen LogP contribution in [0.15, 0.2) is 0 Å². The van der Waals surface area contributed by atoms with Crippen LogP contribution in [0.2, 0.25) is 0 Å². The van der Waals surface area contributed by atoms with Crippen LogP contribution in [-0.4, -0.2) is 24.0 Å². The van der Waals surface area contributed by atoms with Gasteiger partial charge in [0, 0.05) is 0 Å². The number of carbonyl (C=O) groups excluding carboxylic acids is 1. The second kappa shape index (κ2) is 5.56. The summed E-state index contributed by atoms with van der Waals surface area (Å²) in [6.07, 6.45) is 3.69. The summed E-state index contributed by atoms with van der Waals surface area (Å²) in [5.41, 5.74) is 10.3. The molecule has 0 fully saturated rings. The fourth-order valence-electron chi connectivity index (χ4n) is 0.590. The Bertz CT molecular complexity index is 108. The van der Waals surface area contributed by atoms with E-state index in [2.05, 4.69) is 0 Å². The third kappa shape index (κ3) is 4.64. The summed E-state index contributed by atoms with van der Waals surface area (Å²) >= 11 is 1.75. The van der Waals surface area contributed by atoms with Crippen LogP contribution in [0.3, 0.4) is 0 Å². The molecule has 0 saturated carbocycles. The molecule has 0 saturated heterocycles. The number of thioether (sulfide) groups is 1. The average molecular weight is 162 g/mol. The van der Waals surface area contributed by atoms with Crippen molar-refractivity contribution in [3.05, 3.63) is 0 Å². The summed E-state index contributed by atoms with van der Waals surface area (Å²) in [4.78, 5) is 10.4. The van der Waals surface area contributed by atoms with E-state index in [1.54, 1.807) is 11.8 Å². The van der Waals surface area contributed by atoms with Crippen molar-refractivity contribution in [1.29, 1.82) is 0 Å². The highest BCUT2D eigenvalue weighted by Gasteiger charge is 2.06. The lowest BCUT2D eigenvalue weighted by atomic mass is 10.2. The Morgan fingerprint density at radius 3 is 2.70 bits per heavy atom. The maximum atomic E-state index is 10.4. The van der Waals surface area contributed by atoms with Crippen molar-refractivity contribution in [2.24, 2.45) is 11.5 Å². The maximum absolute atomic E-state index is 10.4. The summed E-state index contributed by atoms with van der Waals surface area (Å²) in [6.45, 7) is 0. The van der Waals surface area contributed by atoms with Crippen LogP contribution in [-0.2, 0) is 4.79 Å². The number of nitrogens with two attached hydrogens (primary N) is 2. The summed E-state index contributed by atoms with van der Waals surface area (Å²) in [5, 5.41) is 0. The predicted molar refractivity (Wildman–Crippen MR) is 44.8 cm³/mol. The first kappa shape index (κ1) is 9.78. The first-order valence-corrected chi connectivity index (χ1v) is 4.61. The smallest absolute Gasteiger partial charge is 0.234 e. The highest BCUT2D eigenvalue weighted by atomic mass is 32.2. The van der Waals surface area contributed by atoms with E-state index in [9.17, 15) is 4.79 Å². The highest BCUT2D eigenvalue weighted by molar-refractivity contribution is 7.98. The minimum atomic E-state index is -0.452. The van der Waals surface area contributed by atoms with Gasteiger partial charge in [0.1, 0.15) is 0 Å². The van der Waals surface area contributed by atoms with Crippen molar-refractivity contribution in [2.75, 3.05) is 12.0 Å². The molecular formula is C6H14N2OS. The fourth-order valence-corrected chi connectivity index (χ4v) is 1.05. The minimum Gasteiger partial charge on any atom is -0.368 e. The Kier molecular flexibility index (Phi) is 5.43. The van der Waals surface area contributed by atoms with Gasteiger partial charge < -0.3 is 11.5 Å². The molecule has 0 aliphatic rings. The van der Waals surface area contributed by atoms with Gasteiger partial charge in [-0.25, -0.2) is 0 Å². The number of carbonyl (C=O) groups is 1. The van der Waals surface area contributed by atoms with Gasteiger partial charge in [-0.15, -0.1) is 0 Å². The SMILES string of the molecule is CSCCC[C@@H](N)C(N)=O. The van der Waals surface area contributed by atoms with Crippen molar-refractivity contribution in [3.63, 3.8) is 0 Å². The molecule has 1 amide bonds. The lowest BCUT2D eigenvalue weighted by Gasteiger charge is -2.04. The zero-order valence-corrected chi connectivity index (χ0v) is 6.99. The van der Waals surface area contributed by atoms with Gasteiger partial charge in [0.25, 0.3) is 0 Å². The van der Waals surface area contributed by atoms with Crippen LogP contribution >= 0.6 is 11.8 Å². The minimum absolute atomic E-state index is 0.402. The van der Waals surface area contributed by atoms with Gasteiger partial charge >= 0.3 is 0 Å². The van der Waals surface area contributed by atoms with Gasteiger partial charge in [-0.05, 0) is 24.9 Å². The molecule has 0 heterocycles. The fraction of sp³-hybridized carbons (Fsp3) is 0.833. The van der Waals surface area contributed by atoms with Crippen LogP contribution in [0.1, 0.15) is 12.8 Å². The Labute approximate surface area is 65.5 Å². The third-order valence-corrected chi connectivity index (χ3v) is 1.93. The molecule has 0 spiro atoms. The number of amides is 1. The van der Waals surface area contributed by atoms with E-state index in [0.29, 0.717) is 6.42 Å². The van der Waals surface area contributed by atoms with Crippen molar-refractivity contribution in [1.82, 2.24) is 0 Å². The summed E-state index contributed by atoms with van der Waals surface area (Å²) in [7, 11) is 0. The molecule has 1 atom stereocenters. The molecule has 0 rings (SSSR count). The van der Waals surface area contributed by atoms with Gasteiger partial charge in [0.15, 0.2) is 0 Å². The van der Waals surface area contributed by atoms with E-state index in [-0.39, 0.29) is 0 Å². The van der Waals surface area contributed by atoms with Crippen LogP contribution < -0.4 is 11.5 Å². The van der Waals surface area contributed by atoms with Gasteiger partial charge in [0.2, 0.25) is 5.91 Å². The van der Waals surface area contributed by atoms with Crippen molar-refractivity contribution >= 4 is 17.7 Å². The Balaban J connectivity index is 3.21. The first-order chi connectivity index (χ1) is 4.68. The quantitative estimate of drug-likeness (QED) is 0.556. The van der Waals surface area contributed by atoms with E-state index in [4.69, 9.17) is 11.5 Å². The molecule has 0 unspecified atom stereocenters. The monoisotopic (exact) mass is 162 g/mol. The van der Waals surface area contributed by atoms with E-state index in [0.717, 1.165) is 12.2 Å². The molecular weight excluding hydrogens is 148 g/mol. The predicted octanol–water partition coefficient (Wildman–Crippen LogP) is -0.0578. The van der Waals surface area contributed by atoms with Gasteiger partial charge in [-0.3, -0.25) is 4.79 Å². The van der Waals surface area contributed by atoms with Crippen LogP contribution in [0.5, 0.6) is 0 Å². The van der Waals surface area contributed by atoms with Gasteiger partial charge in [0.05, 0.1) is 6.04 Å². The first-order valence-electron chi connectivity index (χ1n) is 3.22. The lowest BCUT2D eigenvalue weighted by molar-refractivity contribution is -0.119. The largest absolute Gasteiger partial charge is 0.368 e. The second-order valence-electron chi connectivity index (χ2n) is 2.14. The van der Waals surface area contributed by atoms with E-state index < -0.39 is 11.9 Å². The van der Waals surface area contributed by atoms with E-state index >= 15 is 0 Å². The topological polar surface area (TPSA) is 69.1 Å². The number of rotatable bonds is 5. The molecule has 0 aromatic rings. The van der Waals surface area contributed by atoms with Gasteiger partial charge in [-0.2, -0.15) is 11.8 Å². The van der Waals surface area contributed by atoms with Crippen molar-refractivity contribution in [3.8, 4) is 0 Å². The highest BCUT2D eigenvalue weighted by Crippen LogP contribution is 2.00. The number of hydrogen-bond donors (Lipinski definition) is 2. The average Bonchev–Trinajstić information content (AvgIpc) is 1.88. The molecule has 3 nitrogen and oxygen atoms in total. The van der Waals surface area contributed by atoms with E-state index in [1.807, 2.05) is 6.26 Å². The molecule has 10 heavy (non-hydrogen) atoms. The summed E-state index contributed by atoms with van der Waals surface area (Å²) in [5.74, 6) is 0.641. The van der Waals surface area contributed by atoms with Crippen LogP contribution in [0.25, 0.3) is 0 Å². The zero-order valence-electron chi connectivity index (χ0n) is 6.17. The summed E-state index contributed by atoms with van der Waals surface area (Å²) in [6, 6.07) is -0.452. The van der Waals surface area contributed by atoms with Crippen LogP contribution in [0.4, 0.5) is 0 Å². The van der Waals surface area contributed by atoms with Crippen molar-refractivity contribution < 1.29 is 4.79 Å². The third-order valence-electron chi connectivity index (χ3n) is 1.23. The van der Waals surface area contributed by atoms with E-state index in [1.165, 1.54) is 0 Å². The molecule has 60 valence electrons.